The Kier molecular flexibility index (Phi) is 7.69. The lowest BCUT2D eigenvalue weighted by atomic mass is 10.1. The van der Waals surface area contributed by atoms with E-state index in [1.807, 2.05) is 35.2 Å². The minimum absolute atomic E-state index is 0.0123. The van der Waals surface area contributed by atoms with Gasteiger partial charge in [0.1, 0.15) is 5.52 Å². The van der Waals surface area contributed by atoms with E-state index in [0.29, 0.717) is 61.1 Å². The van der Waals surface area contributed by atoms with Crippen molar-refractivity contribution in [2.24, 2.45) is 0 Å². The maximum Gasteiger partial charge on any atom is 0.317 e. The van der Waals surface area contributed by atoms with E-state index in [1.165, 1.54) is 0 Å². The third kappa shape index (κ3) is 5.47. The van der Waals surface area contributed by atoms with Crippen LogP contribution in [0, 0.1) is 0 Å². The standard InChI is InChI=1S/C25H33N7O3/c1-4-5-6-11-27-25(33)32-14-12-31(13-15-32)23-22-19(29-24(26)30-23)9-8-18(28-22)17-7-10-20(34-2)21(16-17)35-3/h7-10,16H,4-6,11-15H2,1-3H3,(H,27,33)(H2,26,29,30). The van der Waals surface area contributed by atoms with Gasteiger partial charge < -0.3 is 30.3 Å². The Balaban J connectivity index is 1.55. The Morgan fingerprint density at radius 1 is 1.00 bits per heavy atom. The van der Waals surface area contributed by atoms with Crippen LogP contribution in [-0.4, -0.2) is 72.8 Å². The van der Waals surface area contributed by atoms with Crippen molar-refractivity contribution < 1.29 is 14.3 Å². The first-order chi connectivity index (χ1) is 17.0. The summed E-state index contributed by atoms with van der Waals surface area (Å²) in [6.07, 6.45) is 3.25. The third-order valence-electron chi connectivity index (χ3n) is 6.14. The van der Waals surface area contributed by atoms with E-state index in [4.69, 9.17) is 20.2 Å². The molecule has 4 rings (SSSR count). The number of anilines is 2. The number of hydrogen-bond donors (Lipinski definition) is 2. The number of benzene rings is 1. The monoisotopic (exact) mass is 479 g/mol. The van der Waals surface area contributed by atoms with E-state index in [-0.39, 0.29) is 12.0 Å². The van der Waals surface area contributed by atoms with Crippen molar-refractivity contribution in [3.05, 3.63) is 30.3 Å². The van der Waals surface area contributed by atoms with Crippen molar-refractivity contribution in [1.82, 2.24) is 25.2 Å². The van der Waals surface area contributed by atoms with Crippen molar-refractivity contribution in [1.29, 1.82) is 0 Å². The fourth-order valence-electron chi connectivity index (χ4n) is 4.20. The molecule has 3 N–H and O–H groups in total. The van der Waals surface area contributed by atoms with Gasteiger partial charge in [-0.1, -0.05) is 19.8 Å². The number of nitrogens with two attached hydrogens (primary N) is 1. The highest BCUT2D eigenvalue weighted by Crippen LogP contribution is 2.33. The molecule has 10 heteroatoms. The summed E-state index contributed by atoms with van der Waals surface area (Å²) in [4.78, 5) is 30.2. The first kappa shape index (κ1) is 24.3. The molecule has 3 heterocycles. The predicted molar refractivity (Wildman–Crippen MR) is 137 cm³/mol. The first-order valence-corrected chi connectivity index (χ1v) is 12.0. The highest BCUT2D eigenvalue weighted by atomic mass is 16.5. The molecule has 2 aromatic heterocycles. The Bertz CT molecular complexity index is 1180. The molecule has 3 aromatic rings. The van der Waals surface area contributed by atoms with Gasteiger partial charge in [0.25, 0.3) is 0 Å². The van der Waals surface area contributed by atoms with Crippen molar-refractivity contribution in [2.75, 3.05) is 57.6 Å². The molecule has 1 aromatic carbocycles. The van der Waals surface area contributed by atoms with Crippen molar-refractivity contribution >= 4 is 28.8 Å². The smallest absolute Gasteiger partial charge is 0.317 e. The van der Waals surface area contributed by atoms with Crippen LogP contribution in [0.25, 0.3) is 22.3 Å². The molecule has 0 saturated carbocycles. The number of rotatable bonds is 8. The Hall–Kier alpha value is -3.82. The number of nitrogens with zero attached hydrogens (tertiary/aromatic N) is 5. The molecule has 0 spiro atoms. The topological polar surface area (TPSA) is 119 Å². The molecule has 1 fully saturated rings. The van der Waals surface area contributed by atoms with E-state index in [9.17, 15) is 4.79 Å². The van der Waals surface area contributed by atoms with Crippen LogP contribution in [-0.2, 0) is 0 Å². The van der Waals surface area contributed by atoms with Crippen molar-refractivity contribution in [2.45, 2.75) is 26.2 Å². The fraction of sp³-hybridized carbons (Fsp3) is 0.440. The zero-order chi connectivity index (χ0) is 24.8. The second kappa shape index (κ2) is 11.1. The average Bonchev–Trinajstić information content (AvgIpc) is 2.90. The molecule has 1 saturated heterocycles. The van der Waals surface area contributed by atoms with Gasteiger partial charge in [-0.3, -0.25) is 0 Å². The van der Waals surface area contributed by atoms with Gasteiger partial charge in [0.2, 0.25) is 5.95 Å². The maximum atomic E-state index is 12.5. The largest absolute Gasteiger partial charge is 0.493 e. The van der Waals surface area contributed by atoms with E-state index in [0.717, 1.165) is 30.5 Å². The quantitative estimate of drug-likeness (QED) is 0.473. The first-order valence-electron chi connectivity index (χ1n) is 12.0. The van der Waals surface area contributed by atoms with Crippen LogP contribution in [0.5, 0.6) is 11.5 Å². The number of hydrogen-bond acceptors (Lipinski definition) is 8. The van der Waals surface area contributed by atoms with E-state index < -0.39 is 0 Å². The highest BCUT2D eigenvalue weighted by molar-refractivity contribution is 5.89. The summed E-state index contributed by atoms with van der Waals surface area (Å²) in [6, 6.07) is 9.47. The van der Waals surface area contributed by atoms with Crippen molar-refractivity contribution in [3.8, 4) is 22.8 Å². The summed E-state index contributed by atoms with van der Waals surface area (Å²) in [6.45, 7) is 5.33. The summed E-state index contributed by atoms with van der Waals surface area (Å²) in [5, 5.41) is 3.01. The number of aromatic nitrogens is 3. The molecule has 1 aliphatic heterocycles. The van der Waals surface area contributed by atoms with Gasteiger partial charge in [-0.15, -0.1) is 0 Å². The minimum Gasteiger partial charge on any atom is -0.493 e. The van der Waals surface area contributed by atoms with E-state index in [2.05, 4.69) is 27.1 Å². The third-order valence-corrected chi connectivity index (χ3v) is 6.14. The van der Waals surface area contributed by atoms with Gasteiger partial charge in [-0.05, 0) is 36.8 Å². The molecule has 10 nitrogen and oxygen atoms in total. The van der Waals surface area contributed by atoms with Crippen LogP contribution >= 0.6 is 0 Å². The van der Waals surface area contributed by atoms with Crippen LogP contribution in [0.2, 0.25) is 0 Å². The molecular weight excluding hydrogens is 446 g/mol. The maximum absolute atomic E-state index is 12.5. The van der Waals surface area contributed by atoms with Gasteiger partial charge in [0.05, 0.1) is 25.4 Å². The SMILES string of the molecule is CCCCCNC(=O)N1CCN(c2nc(N)nc3ccc(-c4ccc(OC)c(OC)c4)nc23)CC1. The summed E-state index contributed by atoms with van der Waals surface area (Å²) in [5.41, 5.74) is 9.02. The summed E-state index contributed by atoms with van der Waals surface area (Å²) >= 11 is 0. The second-order valence-corrected chi connectivity index (χ2v) is 8.45. The lowest BCUT2D eigenvalue weighted by molar-refractivity contribution is 0.194. The van der Waals surface area contributed by atoms with Crippen LogP contribution in [0.1, 0.15) is 26.2 Å². The van der Waals surface area contributed by atoms with Gasteiger partial charge in [-0.25, -0.2) is 14.8 Å². The number of piperazine rings is 1. The number of pyridine rings is 1. The number of carbonyl (C=O) groups is 1. The number of carbonyl (C=O) groups excluding carboxylic acids is 1. The molecule has 186 valence electrons. The average molecular weight is 480 g/mol. The Labute approximate surface area is 205 Å². The van der Waals surface area contributed by atoms with Crippen LogP contribution in [0.15, 0.2) is 30.3 Å². The van der Waals surface area contributed by atoms with Gasteiger partial charge >= 0.3 is 6.03 Å². The molecule has 35 heavy (non-hydrogen) atoms. The number of urea groups is 1. The second-order valence-electron chi connectivity index (χ2n) is 8.45. The summed E-state index contributed by atoms with van der Waals surface area (Å²) in [7, 11) is 3.21. The van der Waals surface area contributed by atoms with Gasteiger partial charge in [-0.2, -0.15) is 4.98 Å². The molecule has 0 bridgehead atoms. The zero-order valence-corrected chi connectivity index (χ0v) is 20.6. The number of methoxy groups -OCH3 is 2. The lowest BCUT2D eigenvalue weighted by Crippen LogP contribution is -2.52. The molecule has 0 aliphatic carbocycles. The lowest BCUT2D eigenvalue weighted by Gasteiger charge is -2.35. The Morgan fingerprint density at radius 3 is 2.49 bits per heavy atom. The van der Waals surface area contributed by atoms with Crippen LogP contribution < -0.4 is 25.4 Å². The summed E-state index contributed by atoms with van der Waals surface area (Å²) in [5.74, 6) is 2.16. The molecule has 0 atom stereocenters. The van der Waals surface area contributed by atoms with Gasteiger partial charge in [0, 0.05) is 38.3 Å². The molecular formula is C25H33N7O3. The predicted octanol–water partition coefficient (Wildman–Crippen LogP) is 3.31. The van der Waals surface area contributed by atoms with Crippen molar-refractivity contribution in [3.63, 3.8) is 0 Å². The Morgan fingerprint density at radius 2 is 1.77 bits per heavy atom. The molecule has 2 amide bonds. The number of unbranched alkanes of at least 4 members (excludes halogenated alkanes) is 2. The molecule has 0 radical (unpaired) electrons. The van der Waals surface area contributed by atoms with E-state index >= 15 is 0 Å². The zero-order valence-electron chi connectivity index (χ0n) is 20.6. The summed E-state index contributed by atoms with van der Waals surface area (Å²) < 4.78 is 10.8. The number of ether oxygens (including phenoxy) is 2. The number of nitrogens with one attached hydrogen (secondary N) is 1. The van der Waals surface area contributed by atoms with Crippen LogP contribution in [0.3, 0.4) is 0 Å². The fourth-order valence-corrected chi connectivity index (χ4v) is 4.20. The van der Waals surface area contributed by atoms with Gasteiger partial charge in [0.15, 0.2) is 17.3 Å². The normalized spacial score (nSPS) is 13.7. The highest BCUT2D eigenvalue weighted by Gasteiger charge is 2.24. The number of fused-ring (bicyclic) bond motifs is 1. The molecule has 0 unspecified atom stereocenters. The number of nitrogen functional groups attached to an aromatic ring is 1. The number of amides is 2. The van der Waals surface area contributed by atoms with Crippen LogP contribution in [0.4, 0.5) is 16.6 Å². The van der Waals surface area contributed by atoms with E-state index in [1.54, 1.807) is 14.2 Å². The molecule has 1 aliphatic rings. The minimum atomic E-state index is -0.0123.